The average molecular weight is 355 g/mol. The summed E-state index contributed by atoms with van der Waals surface area (Å²) in [6, 6.07) is 12.6. The number of rotatable bonds is 4. The molecule has 7 heteroatoms. The number of anilines is 1. The summed E-state index contributed by atoms with van der Waals surface area (Å²) in [6.07, 6.45) is -4.21. The fraction of sp³-hybridized carbons (Fsp3) is 0.294. The molecular formula is C17H16F3NO2S. The highest BCUT2D eigenvalue weighted by Crippen LogP contribution is 2.38. The molecular weight excluding hydrogens is 339 g/mol. The van der Waals surface area contributed by atoms with Crippen molar-refractivity contribution in [2.45, 2.75) is 18.7 Å². The predicted molar refractivity (Wildman–Crippen MR) is 89.1 cm³/mol. The van der Waals surface area contributed by atoms with Crippen LogP contribution < -0.4 is 9.46 Å². The Bertz CT molecular complexity index is 721. The molecule has 0 aromatic heterocycles. The van der Waals surface area contributed by atoms with Gasteiger partial charge < -0.3 is 14.6 Å². The van der Waals surface area contributed by atoms with Crippen LogP contribution in [0.3, 0.4) is 0 Å². The molecule has 1 heterocycles. The summed E-state index contributed by atoms with van der Waals surface area (Å²) >= 11 is 0.605. The summed E-state index contributed by atoms with van der Waals surface area (Å²) in [5.41, 5.74) is 2.93. The first-order valence-corrected chi connectivity index (χ1v) is 8.41. The highest BCUT2D eigenvalue weighted by Gasteiger charge is 2.27. The van der Waals surface area contributed by atoms with Crippen molar-refractivity contribution in [3.8, 4) is 16.9 Å². The molecule has 0 spiro atoms. The fourth-order valence-electron chi connectivity index (χ4n) is 2.56. The van der Waals surface area contributed by atoms with Gasteiger partial charge in [-0.1, -0.05) is 30.3 Å². The SMILES string of the molecule is O[C@H]1CCOc2cc(-c3ccccc3NSCC(F)(F)F)ccc21. The van der Waals surface area contributed by atoms with E-state index in [0.717, 1.165) is 16.7 Å². The van der Waals surface area contributed by atoms with Gasteiger partial charge in [0.15, 0.2) is 0 Å². The van der Waals surface area contributed by atoms with Gasteiger partial charge in [-0.15, -0.1) is 0 Å². The average Bonchev–Trinajstić information content (AvgIpc) is 2.54. The molecule has 0 saturated carbocycles. The van der Waals surface area contributed by atoms with Crippen molar-refractivity contribution in [2.75, 3.05) is 17.1 Å². The second-order valence-electron chi connectivity index (χ2n) is 5.46. The third kappa shape index (κ3) is 3.96. The number of hydrogen-bond acceptors (Lipinski definition) is 4. The van der Waals surface area contributed by atoms with Crippen LogP contribution in [0.4, 0.5) is 18.9 Å². The van der Waals surface area contributed by atoms with Gasteiger partial charge in [-0.2, -0.15) is 13.2 Å². The normalized spacial score (nSPS) is 17.1. The van der Waals surface area contributed by atoms with Gasteiger partial charge in [-0.25, -0.2) is 0 Å². The number of benzene rings is 2. The minimum atomic E-state index is -4.22. The first kappa shape index (κ1) is 17.0. The van der Waals surface area contributed by atoms with E-state index in [2.05, 4.69) is 4.72 Å². The Morgan fingerprint density at radius 3 is 2.79 bits per heavy atom. The van der Waals surface area contributed by atoms with Gasteiger partial charge in [0, 0.05) is 17.5 Å². The van der Waals surface area contributed by atoms with Crippen molar-refractivity contribution in [3.63, 3.8) is 0 Å². The Kier molecular flexibility index (Phi) is 4.91. The minimum Gasteiger partial charge on any atom is -0.493 e. The number of halogens is 3. The van der Waals surface area contributed by atoms with Crippen LogP contribution in [0, 0.1) is 0 Å². The van der Waals surface area contributed by atoms with Crippen LogP contribution in [0.25, 0.3) is 11.1 Å². The predicted octanol–water partition coefficient (Wildman–Crippen LogP) is 4.79. The smallest absolute Gasteiger partial charge is 0.399 e. The van der Waals surface area contributed by atoms with Gasteiger partial charge in [0.2, 0.25) is 0 Å². The zero-order valence-corrected chi connectivity index (χ0v) is 13.5. The van der Waals surface area contributed by atoms with E-state index in [4.69, 9.17) is 4.74 Å². The number of hydrogen-bond donors (Lipinski definition) is 2. The van der Waals surface area contributed by atoms with Gasteiger partial charge in [-0.3, -0.25) is 0 Å². The maximum absolute atomic E-state index is 12.3. The minimum absolute atomic E-state index is 0.443. The van der Waals surface area contributed by atoms with Crippen molar-refractivity contribution in [1.29, 1.82) is 0 Å². The van der Waals surface area contributed by atoms with E-state index in [9.17, 15) is 18.3 Å². The Morgan fingerprint density at radius 2 is 2.00 bits per heavy atom. The molecule has 1 aliphatic rings. The fourth-order valence-corrected chi connectivity index (χ4v) is 3.13. The first-order valence-electron chi connectivity index (χ1n) is 7.43. The van der Waals surface area contributed by atoms with Crippen molar-refractivity contribution >= 4 is 17.6 Å². The zero-order valence-electron chi connectivity index (χ0n) is 12.6. The van der Waals surface area contributed by atoms with E-state index in [-0.39, 0.29) is 0 Å². The Labute approximate surface area is 142 Å². The largest absolute Gasteiger partial charge is 0.493 e. The van der Waals surface area contributed by atoms with Crippen molar-refractivity contribution in [1.82, 2.24) is 0 Å². The van der Waals surface area contributed by atoms with Crippen molar-refractivity contribution in [3.05, 3.63) is 48.0 Å². The van der Waals surface area contributed by atoms with E-state index >= 15 is 0 Å². The number of nitrogens with one attached hydrogen (secondary N) is 1. The van der Waals surface area contributed by atoms with Gasteiger partial charge in [0.1, 0.15) is 11.5 Å². The van der Waals surface area contributed by atoms with Gasteiger partial charge in [0.05, 0.1) is 18.4 Å². The third-order valence-corrected chi connectivity index (χ3v) is 4.51. The second kappa shape index (κ2) is 6.94. The number of fused-ring (bicyclic) bond motifs is 1. The third-order valence-electron chi connectivity index (χ3n) is 3.68. The molecule has 128 valence electrons. The summed E-state index contributed by atoms with van der Waals surface area (Å²) in [7, 11) is 0. The number of ether oxygens (including phenoxy) is 1. The number of para-hydroxylation sites is 1. The summed E-state index contributed by atoms with van der Waals surface area (Å²) in [5, 5.41) is 9.97. The van der Waals surface area contributed by atoms with Gasteiger partial charge >= 0.3 is 6.18 Å². The van der Waals surface area contributed by atoms with Crippen LogP contribution in [0.2, 0.25) is 0 Å². The van der Waals surface area contributed by atoms with Crippen LogP contribution in [0.15, 0.2) is 42.5 Å². The topological polar surface area (TPSA) is 41.5 Å². The van der Waals surface area contributed by atoms with Gasteiger partial charge in [0.25, 0.3) is 0 Å². The summed E-state index contributed by atoms with van der Waals surface area (Å²) < 4.78 is 45.3. The maximum Gasteiger partial charge on any atom is 0.399 e. The van der Waals surface area contributed by atoms with Crippen LogP contribution in [0.1, 0.15) is 18.1 Å². The maximum atomic E-state index is 12.3. The van der Waals surface area contributed by atoms with E-state index in [0.29, 0.717) is 36.4 Å². The lowest BCUT2D eigenvalue weighted by Crippen LogP contribution is -2.13. The lowest BCUT2D eigenvalue weighted by atomic mass is 9.97. The van der Waals surface area contributed by atoms with E-state index in [1.54, 1.807) is 18.2 Å². The first-order chi connectivity index (χ1) is 11.4. The highest BCUT2D eigenvalue weighted by atomic mass is 32.2. The van der Waals surface area contributed by atoms with Gasteiger partial charge in [-0.05, 0) is 29.6 Å². The molecule has 3 nitrogen and oxygen atoms in total. The molecule has 0 aliphatic carbocycles. The van der Waals surface area contributed by atoms with Crippen LogP contribution in [-0.4, -0.2) is 23.6 Å². The monoisotopic (exact) mass is 355 g/mol. The number of aliphatic hydroxyl groups excluding tert-OH is 1. The number of alkyl halides is 3. The zero-order chi connectivity index (χ0) is 17.2. The Balaban J connectivity index is 1.84. The molecule has 2 aromatic carbocycles. The summed E-state index contributed by atoms with van der Waals surface area (Å²) in [4.78, 5) is 0. The summed E-state index contributed by atoms with van der Waals surface area (Å²) in [6.45, 7) is 0.443. The van der Waals surface area contributed by atoms with Crippen LogP contribution >= 0.6 is 11.9 Å². The molecule has 3 rings (SSSR count). The molecule has 2 aromatic rings. The Hall–Kier alpha value is -1.86. The molecule has 0 amide bonds. The molecule has 0 saturated heterocycles. The molecule has 0 bridgehead atoms. The molecule has 2 N–H and O–H groups in total. The van der Waals surface area contributed by atoms with Crippen LogP contribution in [-0.2, 0) is 0 Å². The van der Waals surface area contributed by atoms with Crippen molar-refractivity contribution in [2.24, 2.45) is 0 Å². The lowest BCUT2D eigenvalue weighted by molar-refractivity contribution is -0.105. The molecule has 24 heavy (non-hydrogen) atoms. The molecule has 1 aliphatic heterocycles. The van der Waals surface area contributed by atoms with E-state index in [1.807, 2.05) is 24.3 Å². The summed E-state index contributed by atoms with van der Waals surface area (Å²) in [5.74, 6) is -0.357. The molecule has 0 fully saturated rings. The van der Waals surface area contributed by atoms with E-state index in [1.165, 1.54) is 0 Å². The lowest BCUT2D eigenvalue weighted by Gasteiger charge is -2.23. The quantitative estimate of drug-likeness (QED) is 0.774. The second-order valence-corrected chi connectivity index (χ2v) is 6.24. The Morgan fingerprint density at radius 1 is 1.21 bits per heavy atom. The standard InChI is InChI=1S/C17H16F3NO2S/c18-17(19,20)10-24-21-14-4-2-1-3-12(14)11-5-6-13-15(22)7-8-23-16(13)9-11/h1-6,9,15,21-22H,7-8,10H2/t15-/m0/s1. The van der Waals surface area contributed by atoms with Crippen LogP contribution in [0.5, 0.6) is 5.75 Å². The molecule has 0 radical (unpaired) electrons. The number of aliphatic hydroxyl groups is 1. The van der Waals surface area contributed by atoms with Crippen molar-refractivity contribution < 1.29 is 23.0 Å². The highest BCUT2D eigenvalue weighted by molar-refractivity contribution is 8.00. The molecule has 0 unspecified atom stereocenters. The molecule has 1 atom stereocenters. The van der Waals surface area contributed by atoms with E-state index < -0.39 is 18.0 Å².